The summed E-state index contributed by atoms with van der Waals surface area (Å²) < 4.78 is 1.02. The lowest BCUT2D eigenvalue weighted by Crippen LogP contribution is -2.42. The summed E-state index contributed by atoms with van der Waals surface area (Å²) in [4.78, 5) is 11.7. The van der Waals surface area contributed by atoms with Crippen LogP contribution in [0.4, 0.5) is 0 Å². The highest BCUT2D eigenvalue weighted by Gasteiger charge is 2.28. The molecule has 7 nitrogen and oxygen atoms in total. The largest absolute Gasteiger partial charge is 0.550 e. The third-order valence-electron chi connectivity index (χ3n) is 5.68. The van der Waals surface area contributed by atoms with Gasteiger partial charge < -0.3 is 14.4 Å². The molecule has 150 valence electrons. The van der Waals surface area contributed by atoms with E-state index in [1.54, 1.807) is 0 Å². The number of H-pyrrole nitrogens is 1. The van der Waals surface area contributed by atoms with Crippen LogP contribution in [-0.2, 0) is 11.2 Å². The second-order valence-electron chi connectivity index (χ2n) is 8.31. The van der Waals surface area contributed by atoms with E-state index in [1.807, 2.05) is 6.92 Å². The maximum Gasteiger partial charge on any atom is 0.178 e. The van der Waals surface area contributed by atoms with Gasteiger partial charge in [0.2, 0.25) is 0 Å². The normalized spacial score (nSPS) is 18.3. The van der Waals surface area contributed by atoms with E-state index in [0.717, 1.165) is 36.0 Å². The highest BCUT2D eigenvalue weighted by molar-refractivity contribution is 5.69. The minimum atomic E-state index is -1.05. The topological polar surface area (TPSA) is 94.6 Å². The molecular weight excluding hydrogens is 354 g/mol. The fourth-order valence-electron chi connectivity index (χ4n) is 3.88. The van der Waals surface area contributed by atoms with Crippen LogP contribution in [0.2, 0.25) is 0 Å². The molecular formula is C21H29N5O2. The molecule has 0 radical (unpaired) electrons. The molecule has 2 heterocycles. The van der Waals surface area contributed by atoms with Gasteiger partial charge in [0, 0.05) is 24.2 Å². The average Bonchev–Trinajstić information content (AvgIpc) is 3.19. The summed E-state index contributed by atoms with van der Waals surface area (Å²) in [6.45, 7) is 4.15. The zero-order valence-corrected chi connectivity index (χ0v) is 16.9. The van der Waals surface area contributed by atoms with E-state index >= 15 is 0 Å². The van der Waals surface area contributed by atoms with Crippen molar-refractivity contribution in [2.75, 3.05) is 27.2 Å². The first-order valence-electron chi connectivity index (χ1n) is 9.94. The number of nitrogens with zero attached hydrogens (tertiary/aromatic N) is 4. The van der Waals surface area contributed by atoms with Gasteiger partial charge in [-0.3, -0.25) is 0 Å². The predicted molar refractivity (Wildman–Crippen MR) is 105 cm³/mol. The van der Waals surface area contributed by atoms with Crippen LogP contribution < -0.4 is 5.11 Å². The molecule has 1 aliphatic heterocycles. The summed E-state index contributed by atoms with van der Waals surface area (Å²) in [6.07, 6.45) is 5.23. The fraction of sp³-hybridized carbons (Fsp3) is 0.524. The van der Waals surface area contributed by atoms with Gasteiger partial charge >= 0.3 is 0 Å². The number of aromatic amines is 1. The number of likely N-dealkylation sites (N-methyl/N-ethyl adjacent to an activating group) is 1. The van der Waals surface area contributed by atoms with Gasteiger partial charge in [-0.1, -0.05) is 42.8 Å². The van der Waals surface area contributed by atoms with Crippen molar-refractivity contribution in [3.8, 4) is 0 Å². The van der Waals surface area contributed by atoms with Crippen molar-refractivity contribution >= 4 is 11.5 Å². The summed E-state index contributed by atoms with van der Waals surface area (Å²) in [7, 11) is 4.50. The summed E-state index contributed by atoms with van der Waals surface area (Å²) in [6, 6.07) is 8.42. The Kier molecular flexibility index (Phi) is 6.24. The van der Waals surface area contributed by atoms with Crippen molar-refractivity contribution in [3.63, 3.8) is 0 Å². The first-order chi connectivity index (χ1) is 13.4. The van der Waals surface area contributed by atoms with Gasteiger partial charge in [-0.15, -0.1) is 10.2 Å². The van der Waals surface area contributed by atoms with Crippen LogP contribution in [0.5, 0.6) is 0 Å². The van der Waals surface area contributed by atoms with E-state index in [9.17, 15) is 9.90 Å². The van der Waals surface area contributed by atoms with Gasteiger partial charge in [0.15, 0.2) is 5.82 Å². The molecule has 1 aromatic carbocycles. The monoisotopic (exact) mass is 383 g/mol. The lowest BCUT2D eigenvalue weighted by atomic mass is 9.83. The average molecular weight is 383 g/mol. The third-order valence-corrected chi connectivity index (χ3v) is 5.68. The molecule has 0 amide bonds. The Labute approximate surface area is 166 Å². The maximum absolute atomic E-state index is 11.7. The Morgan fingerprint density at radius 1 is 1.29 bits per heavy atom. The number of carboxylic acids is 1. The second-order valence-corrected chi connectivity index (χ2v) is 8.31. The lowest BCUT2D eigenvalue weighted by Gasteiger charge is -2.32. The van der Waals surface area contributed by atoms with Crippen molar-refractivity contribution < 1.29 is 14.4 Å². The number of quaternary nitrogens is 1. The van der Waals surface area contributed by atoms with Gasteiger partial charge in [0.05, 0.1) is 27.2 Å². The van der Waals surface area contributed by atoms with Crippen LogP contribution in [-0.4, -0.2) is 58.3 Å². The SMILES string of the molecule is CCCC(C(=O)[O-])[C@H](Cc1ccc(C2=CC[N+](C)(C)CC2)cc1)c1nn[nH]n1. The van der Waals surface area contributed by atoms with Gasteiger partial charge in [-0.25, -0.2) is 0 Å². The standard InChI is InChI=1S/C21H29N5O2/c1-4-5-18(21(27)28)19(20-22-24-25-23-20)14-15-6-8-16(9-7-15)17-10-12-26(2,3)13-11-17/h6-10,18-19H,4-5,11-14H2,1-3H3,(H-,22,23,24,25,27,28)/t18?,19-/m0/s1. The molecule has 0 spiro atoms. The molecule has 28 heavy (non-hydrogen) atoms. The predicted octanol–water partition coefficient (Wildman–Crippen LogP) is 1.56. The Balaban J connectivity index is 1.78. The number of carbonyl (C=O) groups is 1. The van der Waals surface area contributed by atoms with Crippen LogP contribution in [0.15, 0.2) is 30.3 Å². The van der Waals surface area contributed by atoms with E-state index in [0.29, 0.717) is 18.7 Å². The number of nitrogens with one attached hydrogen (secondary N) is 1. The van der Waals surface area contributed by atoms with Gasteiger partial charge in [0.1, 0.15) is 0 Å². The third kappa shape index (κ3) is 4.84. The number of carbonyl (C=O) groups excluding carboxylic acids is 1. The van der Waals surface area contributed by atoms with Crippen molar-refractivity contribution in [3.05, 3.63) is 47.3 Å². The molecule has 0 aliphatic carbocycles. The van der Waals surface area contributed by atoms with Crippen molar-refractivity contribution in [2.45, 2.75) is 38.5 Å². The smallest absolute Gasteiger partial charge is 0.178 e. The van der Waals surface area contributed by atoms with Gasteiger partial charge in [0.25, 0.3) is 0 Å². The Morgan fingerprint density at radius 3 is 2.57 bits per heavy atom. The van der Waals surface area contributed by atoms with E-state index < -0.39 is 11.9 Å². The van der Waals surface area contributed by atoms with Crippen LogP contribution in [0.3, 0.4) is 0 Å². The van der Waals surface area contributed by atoms with Gasteiger partial charge in [-0.05, 0) is 35.6 Å². The zero-order valence-electron chi connectivity index (χ0n) is 16.9. The Bertz CT molecular complexity index is 812. The molecule has 1 unspecified atom stereocenters. The summed E-state index contributed by atoms with van der Waals surface area (Å²) in [5.74, 6) is -1.62. The molecule has 0 saturated carbocycles. The first-order valence-corrected chi connectivity index (χ1v) is 9.94. The molecule has 1 aliphatic rings. The Hall–Kier alpha value is -2.54. The molecule has 3 rings (SSSR count). The lowest BCUT2D eigenvalue weighted by molar-refractivity contribution is -0.885. The van der Waals surface area contributed by atoms with Gasteiger partial charge in [-0.2, -0.15) is 5.21 Å². The molecule has 1 aromatic heterocycles. The molecule has 0 bridgehead atoms. The zero-order chi connectivity index (χ0) is 20.1. The van der Waals surface area contributed by atoms with Crippen molar-refractivity contribution in [2.24, 2.45) is 5.92 Å². The number of aromatic nitrogens is 4. The number of benzene rings is 1. The molecule has 1 N–H and O–H groups in total. The number of hydrogen-bond acceptors (Lipinski definition) is 5. The highest BCUT2D eigenvalue weighted by Crippen LogP contribution is 2.30. The summed E-state index contributed by atoms with van der Waals surface area (Å²) in [5.41, 5.74) is 3.69. The van der Waals surface area contributed by atoms with E-state index in [-0.39, 0.29) is 5.92 Å². The van der Waals surface area contributed by atoms with E-state index in [2.05, 4.69) is 65.1 Å². The minimum Gasteiger partial charge on any atom is -0.550 e. The van der Waals surface area contributed by atoms with Crippen molar-refractivity contribution in [1.82, 2.24) is 20.6 Å². The quantitative estimate of drug-likeness (QED) is 0.698. The number of aliphatic carboxylic acids is 1. The molecule has 2 atom stereocenters. The maximum atomic E-state index is 11.7. The Morgan fingerprint density at radius 2 is 2.04 bits per heavy atom. The van der Waals surface area contributed by atoms with Crippen LogP contribution in [0, 0.1) is 5.92 Å². The van der Waals surface area contributed by atoms with Crippen LogP contribution in [0.1, 0.15) is 49.1 Å². The summed E-state index contributed by atoms with van der Waals surface area (Å²) in [5, 5.41) is 25.9. The molecule has 2 aromatic rings. The van der Waals surface area contributed by atoms with E-state index in [4.69, 9.17) is 0 Å². The number of hydrogen-bond donors (Lipinski definition) is 1. The second kappa shape index (κ2) is 8.65. The number of tetrazole rings is 1. The van der Waals surface area contributed by atoms with E-state index in [1.165, 1.54) is 11.1 Å². The van der Waals surface area contributed by atoms with Crippen LogP contribution in [0.25, 0.3) is 5.57 Å². The molecule has 7 heteroatoms. The minimum absolute atomic E-state index is 0.360. The van der Waals surface area contributed by atoms with Crippen LogP contribution >= 0.6 is 0 Å². The fourth-order valence-corrected chi connectivity index (χ4v) is 3.88. The molecule has 0 fully saturated rings. The highest BCUT2D eigenvalue weighted by atomic mass is 16.4. The molecule has 0 saturated heterocycles. The van der Waals surface area contributed by atoms with Crippen molar-refractivity contribution in [1.29, 1.82) is 0 Å². The number of rotatable bonds is 8. The first kappa shape index (κ1) is 20.2. The number of carboxylic acid groups (broad SMARTS) is 1. The summed E-state index contributed by atoms with van der Waals surface area (Å²) >= 11 is 0.